The number of halogens is 4. The minimum absolute atomic E-state index is 0. The summed E-state index contributed by atoms with van der Waals surface area (Å²) >= 11 is 13.2. The van der Waals surface area contributed by atoms with Crippen LogP contribution < -0.4 is 24.8 Å². The average molecular weight is 920 g/mol. The summed E-state index contributed by atoms with van der Waals surface area (Å²) < 4.78 is 1.52. The Bertz CT molecular complexity index is 2160. The van der Waals surface area contributed by atoms with E-state index < -0.39 is 0 Å². The molecule has 8 rings (SSSR count). The molecule has 2 aliphatic carbocycles. The van der Waals surface area contributed by atoms with Crippen LogP contribution in [-0.2, 0) is 54.3 Å². The van der Waals surface area contributed by atoms with Gasteiger partial charge in [0.2, 0.25) is 0 Å². The Morgan fingerprint density at radius 1 is 0.603 bits per heavy atom. The van der Waals surface area contributed by atoms with Gasteiger partial charge in [0.05, 0.1) is 0 Å². The zero-order chi connectivity index (χ0) is 39.9. The first-order valence-electron chi connectivity index (χ1n) is 19.4. The van der Waals surface area contributed by atoms with E-state index in [-0.39, 0.29) is 35.6 Å². The molecule has 296 valence electrons. The normalized spacial score (nSPS) is 12.2. The second kappa shape index (κ2) is 21.3. The molecule has 0 aliphatic heterocycles. The van der Waals surface area contributed by atoms with E-state index >= 15 is 0 Å². The maximum Gasteiger partial charge on any atom is -0.109 e. The number of fused-ring (bicyclic) bond motifs is 3. The Kier molecular flexibility index (Phi) is 17.4. The molecule has 0 bridgehead atoms. The van der Waals surface area contributed by atoms with E-state index in [1.54, 1.807) is 0 Å². The van der Waals surface area contributed by atoms with Gasteiger partial charge in [-0.1, -0.05) is 131 Å². The van der Waals surface area contributed by atoms with Crippen LogP contribution in [-0.4, -0.2) is 3.21 Å². The summed E-state index contributed by atoms with van der Waals surface area (Å²) in [5.41, 5.74) is 16.1. The van der Waals surface area contributed by atoms with Gasteiger partial charge in [-0.2, -0.15) is 6.08 Å². The van der Waals surface area contributed by atoms with Crippen molar-refractivity contribution in [2.45, 2.75) is 78.1 Å². The van der Waals surface area contributed by atoms with Gasteiger partial charge in [-0.15, -0.1) is 35.2 Å². The molecule has 5 heteroatoms. The minimum Gasteiger partial charge on any atom is -1.00 e. The first kappa shape index (κ1) is 47.4. The number of allylic oxidation sites excluding steroid dienone is 4. The zero-order valence-electron chi connectivity index (χ0n) is 34.2. The van der Waals surface area contributed by atoms with Crippen LogP contribution in [0, 0.1) is 12.1 Å². The van der Waals surface area contributed by atoms with Crippen LogP contribution in [0.15, 0.2) is 146 Å². The summed E-state index contributed by atoms with van der Waals surface area (Å²) in [6, 6.07) is 49.0. The molecule has 0 nitrogen and oxygen atoms in total. The van der Waals surface area contributed by atoms with Gasteiger partial charge in [-0.25, -0.2) is 12.2 Å². The average Bonchev–Trinajstić information content (AvgIpc) is 3.88. The number of rotatable bonds is 6. The van der Waals surface area contributed by atoms with Gasteiger partial charge in [-0.05, 0) is 39.5 Å². The van der Waals surface area contributed by atoms with Gasteiger partial charge in [0.1, 0.15) is 0 Å². The summed E-state index contributed by atoms with van der Waals surface area (Å²) in [4.78, 5) is 0. The van der Waals surface area contributed by atoms with E-state index in [2.05, 4.69) is 163 Å². The number of hydrogen-bond acceptors (Lipinski definition) is 0. The van der Waals surface area contributed by atoms with E-state index in [0.29, 0.717) is 0 Å². The summed E-state index contributed by atoms with van der Waals surface area (Å²) in [6.45, 7) is 13.9. The molecular weight excluding hydrogens is 870 g/mol. The summed E-state index contributed by atoms with van der Waals surface area (Å²) in [7, 11) is 0. The van der Waals surface area contributed by atoms with Crippen molar-refractivity contribution in [3.05, 3.63) is 201 Å². The molecule has 58 heavy (non-hydrogen) atoms. The van der Waals surface area contributed by atoms with Crippen molar-refractivity contribution in [1.82, 2.24) is 0 Å². The van der Waals surface area contributed by atoms with Crippen molar-refractivity contribution in [1.29, 1.82) is 0 Å². The van der Waals surface area contributed by atoms with Gasteiger partial charge in [-0.3, -0.25) is 6.08 Å². The second-order valence-corrected chi connectivity index (χ2v) is 19.2. The van der Waals surface area contributed by atoms with Gasteiger partial charge in [0.15, 0.2) is 0 Å². The zero-order valence-corrected chi connectivity index (χ0v) is 39.7. The fraction of sp³-hybridized carbons (Fsp3) is 0.226. The smallest absolute Gasteiger partial charge is 0.109 e. The Morgan fingerprint density at radius 3 is 1.55 bits per heavy atom. The fourth-order valence-corrected chi connectivity index (χ4v) is 8.46. The Hall–Kier alpha value is -3.29. The van der Waals surface area contributed by atoms with E-state index in [1.165, 1.54) is 94.2 Å². The molecule has 0 amide bonds. The molecular formula is C53H50Cl4Zr-2. The summed E-state index contributed by atoms with van der Waals surface area (Å²) in [5.74, 6) is 0. The van der Waals surface area contributed by atoms with E-state index in [1.807, 2.05) is 36.4 Å². The predicted molar refractivity (Wildman–Crippen MR) is 239 cm³/mol. The van der Waals surface area contributed by atoms with Crippen LogP contribution >= 0.6 is 23.2 Å². The molecule has 6 aromatic carbocycles. The molecule has 0 saturated carbocycles. The van der Waals surface area contributed by atoms with Gasteiger partial charge in [0.25, 0.3) is 0 Å². The topological polar surface area (TPSA) is 0 Å². The molecule has 6 aromatic rings. The molecule has 0 radical (unpaired) electrons. The first-order chi connectivity index (χ1) is 26.8. The van der Waals surface area contributed by atoms with Crippen LogP contribution in [0.1, 0.15) is 81.3 Å². The fourth-order valence-electron chi connectivity index (χ4n) is 7.20. The number of hydrogen-bond donors (Lipinski definition) is 0. The minimum atomic E-state index is 0. The van der Waals surface area contributed by atoms with Crippen LogP contribution in [0.3, 0.4) is 0 Å². The van der Waals surface area contributed by atoms with Crippen LogP contribution in [0.5, 0.6) is 0 Å². The third-order valence-corrected chi connectivity index (χ3v) is 11.4. The Morgan fingerprint density at radius 2 is 1.10 bits per heavy atom. The second-order valence-electron chi connectivity index (χ2n) is 16.6. The van der Waals surface area contributed by atoms with Crippen molar-refractivity contribution in [2.24, 2.45) is 0 Å². The van der Waals surface area contributed by atoms with E-state index in [0.717, 1.165) is 35.7 Å². The predicted octanol–water partition coefficient (Wildman–Crippen LogP) is 8.80. The van der Waals surface area contributed by atoms with Gasteiger partial charge in [0, 0.05) is 0 Å². The molecule has 2 aliphatic rings. The third-order valence-electron chi connectivity index (χ3n) is 10.1. The van der Waals surface area contributed by atoms with Crippen molar-refractivity contribution in [3.63, 3.8) is 0 Å². The number of benzene rings is 6. The molecule has 0 fully saturated rings. The SMILES string of the molecule is CC(C)(C)c1cc2c([c-]c1-c1ccccc1)Cc1cc(-c3ccccc3)c(C(C)(C)C)cc1-2.Clc1ccc(C[C](=[Zr+2])Cc2ccc(Cl)cc2)cc1.[C-]1=CC=CC1.[Cl-].[Cl-]. The summed E-state index contributed by atoms with van der Waals surface area (Å²) in [6.07, 6.45) is 13.0. The van der Waals surface area contributed by atoms with Crippen LogP contribution in [0.4, 0.5) is 0 Å². The third kappa shape index (κ3) is 12.6. The molecule has 0 spiro atoms. The maximum absolute atomic E-state index is 5.88. The van der Waals surface area contributed by atoms with Crippen molar-refractivity contribution < 1.29 is 49.0 Å². The van der Waals surface area contributed by atoms with Crippen molar-refractivity contribution in [3.8, 4) is 33.4 Å². The molecule has 0 heterocycles. The standard InChI is InChI=1S/C33H33.C15H12Cl2.C5H5.2ClH.Zr/c1-32(2,3)30-20-26-24(18-28(30)22-13-9-7-10-14-22)17-25-19-29(23-15-11-8-12-16-23)31(21-27(25)26)33(4,5)6;16-14-8-4-12(5-9-14)2-1-3-13-6-10-15(17)11-7-13;1-2-4-5-3-1;;;/h7-16,18,20-21H,17H2,1-6H3;4-11H,2-3H2;1-3H,4H2;2*1H;/q-1;;-1;;;+2/p-2. The molecule has 0 saturated heterocycles. The van der Waals surface area contributed by atoms with Gasteiger partial charge < -0.3 is 24.8 Å². The van der Waals surface area contributed by atoms with Crippen LogP contribution in [0.2, 0.25) is 10.0 Å². The maximum atomic E-state index is 5.88. The quantitative estimate of drug-likeness (QED) is 0.147. The Labute approximate surface area is 385 Å². The molecule has 0 atom stereocenters. The van der Waals surface area contributed by atoms with Gasteiger partial charge >= 0.3 is 133 Å². The first-order valence-corrected chi connectivity index (χ1v) is 21.4. The molecule has 0 unspecified atom stereocenters. The monoisotopic (exact) mass is 916 g/mol. The molecule has 0 N–H and O–H groups in total. The summed E-state index contributed by atoms with van der Waals surface area (Å²) in [5, 5.41) is 1.59. The van der Waals surface area contributed by atoms with E-state index in [4.69, 9.17) is 23.2 Å². The van der Waals surface area contributed by atoms with E-state index in [9.17, 15) is 0 Å². The van der Waals surface area contributed by atoms with Crippen molar-refractivity contribution in [2.75, 3.05) is 0 Å². The molecule has 0 aromatic heterocycles. The largest absolute Gasteiger partial charge is 1.00 e. The van der Waals surface area contributed by atoms with Crippen molar-refractivity contribution >= 4 is 26.4 Å². The Balaban J connectivity index is 0.000000250. The van der Waals surface area contributed by atoms with Crippen LogP contribution in [0.25, 0.3) is 33.4 Å².